The van der Waals surface area contributed by atoms with Crippen LogP contribution in [0.3, 0.4) is 0 Å². The van der Waals surface area contributed by atoms with Crippen LogP contribution in [-0.4, -0.2) is 37.6 Å². The van der Waals surface area contributed by atoms with Crippen LogP contribution in [0.5, 0.6) is 5.75 Å². The molecule has 7 heteroatoms. The maximum absolute atomic E-state index is 12.5. The number of carbonyl (C=O) groups excluding carboxylic acids is 1. The average molecular weight is 431 g/mol. The molecule has 0 aromatic heterocycles. The molecule has 1 amide bonds. The molecule has 2 N–H and O–H groups in total. The van der Waals surface area contributed by atoms with Crippen LogP contribution in [0, 0.1) is 9.49 Å². The first kappa shape index (κ1) is 17.8. The fraction of sp³-hybridized carbons (Fsp3) is 0.462. The lowest BCUT2D eigenvalue weighted by Crippen LogP contribution is -2.30. The highest BCUT2D eigenvalue weighted by Gasteiger charge is 2.28. The first-order valence-corrected chi connectivity index (χ1v) is 7.54. The van der Waals surface area contributed by atoms with Crippen molar-refractivity contribution in [2.45, 2.75) is 6.42 Å². The van der Waals surface area contributed by atoms with Gasteiger partial charge >= 0.3 is 0 Å². The van der Waals surface area contributed by atoms with E-state index < -0.39 is 0 Å². The molecule has 0 aliphatic carbocycles. The molecule has 1 atom stereocenters. The second-order valence-electron chi connectivity index (χ2n) is 4.61. The highest BCUT2D eigenvalue weighted by molar-refractivity contribution is 14.1. The van der Waals surface area contributed by atoms with Crippen molar-refractivity contribution in [3.05, 3.63) is 26.3 Å². The highest BCUT2D eigenvalue weighted by Crippen LogP contribution is 2.30. The van der Waals surface area contributed by atoms with Crippen LogP contribution in [0.2, 0.25) is 5.02 Å². The van der Waals surface area contributed by atoms with Crippen molar-refractivity contribution >= 4 is 52.5 Å². The van der Waals surface area contributed by atoms with Gasteiger partial charge in [-0.1, -0.05) is 11.6 Å². The zero-order valence-electron chi connectivity index (χ0n) is 11.1. The molecule has 1 aliphatic heterocycles. The minimum Gasteiger partial charge on any atom is -0.496 e. The Morgan fingerprint density at radius 3 is 2.85 bits per heavy atom. The minimum atomic E-state index is -0.0360. The number of rotatable bonds is 3. The molecule has 1 heterocycles. The van der Waals surface area contributed by atoms with Gasteiger partial charge in [-0.2, -0.15) is 0 Å². The van der Waals surface area contributed by atoms with Crippen molar-refractivity contribution in [3.63, 3.8) is 0 Å². The Morgan fingerprint density at radius 2 is 2.30 bits per heavy atom. The molecule has 1 saturated heterocycles. The third-order valence-corrected chi connectivity index (χ3v) is 4.90. The molecule has 0 radical (unpaired) electrons. The second-order valence-corrected chi connectivity index (χ2v) is 6.18. The van der Waals surface area contributed by atoms with Crippen molar-refractivity contribution in [3.8, 4) is 5.75 Å². The van der Waals surface area contributed by atoms with Gasteiger partial charge in [0.05, 0.1) is 17.7 Å². The Morgan fingerprint density at radius 1 is 1.60 bits per heavy atom. The predicted molar refractivity (Wildman–Crippen MR) is 91.0 cm³/mol. The van der Waals surface area contributed by atoms with E-state index in [1.54, 1.807) is 19.2 Å². The minimum absolute atomic E-state index is 0. The van der Waals surface area contributed by atoms with E-state index in [0.717, 1.165) is 16.5 Å². The number of nitrogens with two attached hydrogens (primary N) is 1. The SMILES string of the molecule is COc1cc(I)c(Cl)cc1C(=O)N1CCC(CN)C1.Cl. The highest BCUT2D eigenvalue weighted by atomic mass is 127. The molecule has 4 nitrogen and oxygen atoms in total. The van der Waals surface area contributed by atoms with E-state index in [-0.39, 0.29) is 18.3 Å². The lowest BCUT2D eigenvalue weighted by atomic mass is 10.1. The Kier molecular flexibility index (Phi) is 6.84. The molecule has 0 bridgehead atoms. The zero-order valence-corrected chi connectivity index (χ0v) is 14.8. The van der Waals surface area contributed by atoms with Crippen LogP contribution in [0.4, 0.5) is 0 Å². The van der Waals surface area contributed by atoms with Gasteiger partial charge in [0.15, 0.2) is 0 Å². The molecule has 0 spiro atoms. The Hall–Kier alpha value is -0.240. The van der Waals surface area contributed by atoms with E-state index in [1.165, 1.54) is 0 Å². The molecule has 20 heavy (non-hydrogen) atoms. The van der Waals surface area contributed by atoms with E-state index in [2.05, 4.69) is 22.6 Å². The van der Waals surface area contributed by atoms with Crippen molar-refractivity contribution in [1.29, 1.82) is 0 Å². The molecule has 1 unspecified atom stereocenters. The van der Waals surface area contributed by atoms with Gasteiger partial charge in [0.1, 0.15) is 5.75 Å². The van der Waals surface area contributed by atoms with Gasteiger partial charge in [-0.05, 0) is 53.6 Å². The van der Waals surface area contributed by atoms with E-state index in [4.69, 9.17) is 22.1 Å². The summed E-state index contributed by atoms with van der Waals surface area (Å²) in [4.78, 5) is 14.3. The molecule has 1 aliphatic rings. The number of hydrogen-bond donors (Lipinski definition) is 1. The largest absolute Gasteiger partial charge is 0.496 e. The first-order chi connectivity index (χ1) is 9.06. The van der Waals surface area contributed by atoms with Gasteiger partial charge in [0, 0.05) is 16.7 Å². The van der Waals surface area contributed by atoms with E-state index in [9.17, 15) is 4.79 Å². The summed E-state index contributed by atoms with van der Waals surface area (Å²) in [6.07, 6.45) is 0.961. The molecule has 0 saturated carbocycles. The molecule has 1 aromatic carbocycles. The van der Waals surface area contributed by atoms with Crippen molar-refractivity contribution in [1.82, 2.24) is 4.90 Å². The Balaban J connectivity index is 0.00000200. The summed E-state index contributed by atoms with van der Waals surface area (Å²) in [6, 6.07) is 3.47. The summed E-state index contributed by atoms with van der Waals surface area (Å²) in [6.45, 7) is 2.07. The summed E-state index contributed by atoms with van der Waals surface area (Å²) in [5.41, 5.74) is 6.17. The van der Waals surface area contributed by atoms with Gasteiger partial charge in [-0.15, -0.1) is 12.4 Å². The number of ether oxygens (including phenoxy) is 1. The number of likely N-dealkylation sites (tertiary alicyclic amines) is 1. The molecule has 112 valence electrons. The number of halogens is 3. The Labute approximate surface area is 143 Å². The van der Waals surface area contributed by atoms with Gasteiger partial charge in [0.2, 0.25) is 0 Å². The van der Waals surface area contributed by atoms with Crippen LogP contribution < -0.4 is 10.5 Å². The quantitative estimate of drug-likeness (QED) is 0.750. The topological polar surface area (TPSA) is 55.6 Å². The normalized spacial score (nSPS) is 17.8. The van der Waals surface area contributed by atoms with Gasteiger partial charge in [-0.25, -0.2) is 0 Å². The van der Waals surface area contributed by atoms with Crippen molar-refractivity contribution in [2.24, 2.45) is 11.7 Å². The summed E-state index contributed by atoms with van der Waals surface area (Å²) in [5.74, 6) is 0.926. The predicted octanol–water partition coefficient (Wildman–Crippen LogP) is 2.80. The molecule has 1 fully saturated rings. The summed E-state index contributed by atoms with van der Waals surface area (Å²) in [5, 5.41) is 0.569. The standard InChI is InChI=1S/C13H16ClIN2O2.ClH/c1-19-12-5-11(15)10(14)4-9(12)13(18)17-3-2-8(6-16)7-17;/h4-5,8H,2-3,6-7,16H2,1H3;1H. The van der Waals surface area contributed by atoms with Gasteiger partial charge in [-0.3, -0.25) is 4.79 Å². The van der Waals surface area contributed by atoms with Crippen LogP contribution in [-0.2, 0) is 0 Å². The lowest BCUT2D eigenvalue weighted by Gasteiger charge is -2.18. The van der Waals surface area contributed by atoms with Crippen molar-refractivity contribution < 1.29 is 9.53 Å². The van der Waals surface area contributed by atoms with Gasteiger partial charge < -0.3 is 15.4 Å². The summed E-state index contributed by atoms with van der Waals surface area (Å²) in [7, 11) is 1.56. The van der Waals surface area contributed by atoms with E-state index in [1.807, 2.05) is 4.90 Å². The van der Waals surface area contributed by atoms with Crippen LogP contribution in [0.15, 0.2) is 12.1 Å². The number of benzene rings is 1. The molecular weight excluding hydrogens is 414 g/mol. The third kappa shape index (κ3) is 3.69. The summed E-state index contributed by atoms with van der Waals surface area (Å²) >= 11 is 8.21. The zero-order chi connectivity index (χ0) is 14.0. The molecule has 2 rings (SSSR count). The van der Waals surface area contributed by atoms with Crippen LogP contribution >= 0.6 is 46.6 Å². The smallest absolute Gasteiger partial charge is 0.257 e. The molecule has 1 aromatic rings. The van der Waals surface area contributed by atoms with Crippen LogP contribution in [0.1, 0.15) is 16.8 Å². The monoisotopic (exact) mass is 430 g/mol. The second kappa shape index (κ2) is 7.68. The number of amides is 1. The fourth-order valence-electron chi connectivity index (χ4n) is 2.24. The van der Waals surface area contributed by atoms with Crippen LogP contribution in [0.25, 0.3) is 0 Å². The maximum Gasteiger partial charge on any atom is 0.257 e. The number of nitrogens with zero attached hydrogens (tertiary/aromatic N) is 1. The first-order valence-electron chi connectivity index (χ1n) is 6.09. The van der Waals surface area contributed by atoms with Crippen molar-refractivity contribution in [2.75, 3.05) is 26.7 Å². The average Bonchev–Trinajstić information content (AvgIpc) is 2.89. The summed E-state index contributed by atoms with van der Waals surface area (Å²) < 4.78 is 6.15. The number of carbonyl (C=O) groups is 1. The fourth-order valence-corrected chi connectivity index (χ4v) is 2.85. The van der Waals surface area contributed by atoms with Gasteiger partial charge in [0.25, 0.3) is 5.91 Å². The lowest BCUT2D eigenvalue weighted by molar-refractivity contribution is 0.0784. The maximum atomic E-state index is 12.5. The number of hydrogen-bond acceptors (Lipinski definition) is 3. The Bertz CT molecular complexity index is 500. The number of methoxy groups -OCH3 is 1. The molecular formula is C13H17Cl2IN2O2. The third-order valence-electron chi connectivity index (χ3n) is 3.38. The van der Waals surface area contributed by atoms with E-state index >= 15 is 0 Å². The van der Waals surface area contributed by atoms with E-state index in [0.29, 0.717) is 35.3 Å².